The summed E-state index contributed by atoms with van der Waals surface area (Å²) in [6.45, 7) is 0. The van der Waals surface area contributed by atoms with Crippen molar-refractivity contribution in [3.63, 3.8) is 0 Å². The van der Waals surface area contributed by atoms with Crippen molar-refractivity contribution >= 4 is 0 Å². The van der Waals surface area contributed by atoms with Gasteiger partial charge in [-0.2, -0.15) is 0 Å². The van der Waals surface area contributed by atoms with Crippen molar-refractivity contribution in [3.8, 4) is 0 Å². The predicted octanol–water partition coefficient (Wildman–Crippen LogP) is 2.16. The van der Waals surface area contributed by atoms with Gasteiger partial charge in [0.2, 0.25) is 0 Å². The molecular formula is C10H10CoN2. The number of hydrogen-bond donors (Lipinski definition) is 0. The predicted molar refractivity (Wildman–Crippen MR) is 48.5 cm³/mol. The molecular weight excluding hydrogens is 207 g/mol. The summed E-state index contributed by atoms with van der Waals surface area (Å²) in [5.41, 5.74) is 0. The summed E-state index contributed by atoms with van der Waals surface area (Å²) in [5, 5.41) is 0. The van der Waals surface area contributed by atoms with Gasteiger partial charge in [-0.3, -0.25) is 9.97 Å². The van der Waals surface area contributed by atoms with Gasteiger partial charge in [0.05, 0.1) is 0 Å². The zero-order valence-electron chi connectivity index (χ0n) is 7.00. The van der Waals surface area contributed by atoms with Crippen LogP contribution in [-0.2, 0) is 16.8 Å². The van der Waals surface area contributed by atoms with Gasteiger partial charge in [0, 0.05) is 41.6 Å². The molecule has 69 valence electrons. The molecule has 0 aromatic carbocycles. The molecule has 2 aromatic rings. The van der Waals surface area contributed by atoms with Crippen LogP contribution in [0.15, 0.2) is 61.2 Å². The summed E-state index contributed by atoms with van der Waals surface area (Å²) in [6, 6.07) is 11.4. The largest absolute Gasteiger partial charge is 0.265 e. The average Bonchev–Trinajstić information content (AvgIpc) is 2.24. The van der Waals surface area contributed by atoms with Crippen molar-refractivity contribution in [1.29, 1.82) is 0 Å². The first-order chi connectivity index (χ1) is 6.00. The van der Waals surface area contributed by atoms with E-state index in [0.29, 0.717) is 0 Å². The summed E-state index contributed by atoms with van der Waals surface area (Å²) in [5.74, 6) is 0. The molecule has 2 aromatic heterocycles. The molecule has 0 fully saturated rings. The SMILES string of the molecule is [Co].c1ccncc1.c1ccncc1. The van der Waals surface area contributed by atoms with E-state index in [1.54, 1.807) is 24.8 Å². The van der Waals surface area contributed by atoms with Crippen molar-refractivity contribution in [2.45, 2.75) is 0 Å². The van der Waals surface area contributed by atoms with Gasteiger partial charge < -0.3 is 0 Å². The van der Waals surface area contributed by atoms with Crippen LogP contribution in [0.2, 0.25) is 0 Å². The van der Waals surface area contributed by atoms with Gasteiger partial charge in [0.1, 0.15) is 0 Å². The van der Waals surface area contributed by atoms with Crippen LogP contribution in [-0.4, -0.2) is 9.97 Å². The van der Waals surface area contributed by atoms with E-state index in [1.807, 2.05) is 36.4 Å². The third-order valence-electron chi connectivity index (χ3n) is 1.13. The molecule has 0 bridgehead atoms. The number of pyridine rings is 2. The first-order valence-corrected chi connectivity index (χ1v) is 3.70. The Hall–Kier alpha value is -1.19. The Morgan fingerprint density at radius 2 is 0.769 bits per heavy atom. The summed E-state index contributed by atoms with van der Waals surface area (Å²) in [4.78, 5) is 7.57. The van der Waals surface area contributed by atoms with Crippen LogP contribution in [0.25, 0.3) is 0 Å². The Labute approximate surface area is 88.3 Å². The molecule has 0 aliphatic heterocycles. The average molecular weight is 217 g/mol. The van der Waals surface area contributed by atoms with Crippen LogP contribution in [0.1, 0.15) is 0 Å². The zero-order valence-corrected chi connectivity index (χ0v) is 8.04. The van der Waals surface area contributed by atoms with E-state index >= 15 is 0 Å². The number of rotatable bonds is 0. The Morgan fingerprint density at radius 3 is 0.846 bits per heavy atom. The fraction of sp³-hybridized carbons (Fsp3) is 0. The molecule has 1 radical (unpaired) electrons. The van der Waals surface area contributed by atoms with Crippen molar-refractivity contribution in [3.05, 3.63) is 61.2 Å². The van der Waals surface area contributed by atoms with Crippen molar-refractivity contribution in [2.24, 2.45) is 0 Å². The molecule has 2 nitrogen and oxygen atoms in total. The fourth-order valence-electron chi connectivity index (χ4n) is 0.625. The molecule has 0 saturated heterocycles. The second-order valence-electron chi connectivity index (χ2n) is 2.05. The summed E-state index contributed by atoms with van der Waals surface area (Å²) >= 11 is 0. The minimum absolute atomic E-state index is 0. The summed E-state index contributed by atoms with van der Waals surface area (Å²) in [6.07, 6.45) is 7.00. The second kappa shape index (κ2) is 8.90. The number of nitrogens with zero attached hydrogens (tertiary/aromatic N) is 2. The van der Waals surface area contributed by atoms with E-state index in [9.17, 15) is 0 Å². The first-order valence-electron chi connectivity index (χ1n) is 3.70. The Kier molecular flexibility index (Phi) is 8.08. The fourth-order valence-corrected chi connectivity index (χ4v) is 0.625. The maximum absolute atomic E-state index is 3.78. The van der Waals surface area contributed by atoms with E-state index in [0.717, 1.165) is 0 Å². The van der Waals surface area contributed by atoms with Gasteiger partial charge in [-0.05, 0) is 24.3 Å². The van der Waals surface area contributed by atoms with E-state index in [-0.39, 0.29) is 16.8 Å². The molecule has 0 N–H and O–H groups in total. The van der Waals surface area contributed by atoms with Crippen LogP contribution < -0.4 is 0 Å². The Balaban J connectivity index is 0.000000206. The molecule has 2 heterocycles. The minimum atomic E-state index is 0. The molecule has 0 saturated carbocycles. The van der Waals surface area contributed by atoms with Crippen LogP contribution in [0.3, 0.4) is 0 Å². The maximum Gasteiger partial charge on any atom is 0.0267 e. The summed E-state index contributed by atoms with van der Waals surface area (Å²) in [7, 11) is 0. The number of aromatic nitrogens is 2. The molecule has 0 unspecified atom stereocenters. The molecule has 0 atom stereocenters. The van der Waals surface area contributed by atoms with Gasteiger partial charge in [0.15, 0.2) is 0 Å². The molecule has 0 spiro atoms. The van der Waals surface area contributed by atoms with E-state index in [1.165, 1.54) is 0 Å². The van der Waals surface area contributed by atoms with E-state index < -0.39 is 0 Å². The van der Waals surface area contributed by atoms with Crippen molar-refractivity contribution < 1.29 is 16.8 Å². The zero-order chi connectivity index (χ0) is 8.49. The normalized spacial score (nSPS) is 7.38. The van der Waals surface area contributed by atoms with Crippen molar-refractivity contribution in [2.75, 3.05) is 0 Å². The smallest absolute Gasteiger partial charge is 0.0267 e. The molecule has 2 rings (SSSR count). The minimum Gasteiger partial charge on any atom is -0.265 e. The monoisotopic (exact) mass is 217 g/mol. The van der Waals surface area contributed by atoms with Crippen LogP contribution in [0.5, 0.6) is 0 Å². The topological polar surface area (TPSA) is 25.8 Å². The maximum atomic E-state index is 3.78. The van der Waals surface area contributed by atoms with Crippen LogP contribution >= 0.6 is 0 Å². The Bertz CT molecular complexity index is 188. The quantitative estimate of drug-likeness (QED) is 0.675. The molecule has 0 amide bonds. The third-order valence-corrected chi connectivity index (χ3v) is 1.13. The van der Waals surface area contributed by atoms with Gasteiger partial charge in [-0.15, -0.1) is 0 Å². The molecule has 0 aliphatic rings. The molecule has 3 heteroatoms. The van der Waals surface area contributed by atoms with E-state index in [2.05, 4.69) is 9.97 Å². The second-order valence-corrected chi connectivity index (χ2v) is 2.05. The van der Waals surface area contributed by atoms with Gasteiger partial charge in [0.25, 0.3) is 0 Å². The van der Waals surface area contributed by atoms with E-state index in [4.69, 9.17) is 0 Å². The standard InChI is InChI=1S/2C5H5N.Co/c2*1-2-4-6-5-3-1;/h2*1-5H;. The summed E-state index contributed by atoms with van der Waals surface area (Å²) < 4.78 is 0. The van der Waals surface area contributed by atoms with Crippen LogP contribution in [0, 0.1) is 0 Å². The first kappa shape index (κ1) is 11.8. The van der Waals surface area contributed by atoms with Gasteiger partial charge >= 0.3 is 0 Å². The molecule has 13 heavy (non-hydrogen) atoms. The van der Waals surface area contributed by atoms with Crippen molar-refractivity contribution in [1.82, 2.24) is 9.97 Å². The van der Waals surface area contributed by atoms with Crippen LogP contribution in [0.4, 0.5) is 0 Å². The van der Waals surface area contributed by atoms with Gasteiger partial charge in [-0.25, -0.2) is 0 Å². The van der Waals surface area contributed by atoms with Gasteiger partial charge in [-0.1, -0.05) is 12.1 Å². The number of hydrogen-bond acceptors (Lipinski definition) is 2. The third kappa shape index (κ3) is 7.18. The molecule has 0 aliphatic carbocycles. The Morgan fingerprint density at radius 1 is 0.462 bits per heavy atom.